The van der Waals surface area contributed by atoms with Gasteiger partial charge in [0.05, 0.1) is 0 Å². The summed E-state index contributed by atoms with van der Waals surface area (Å²) in [6.45, 7) is 9.21. The molecule has 1 N–H and O–H groups in total. The SMILES string of the molecule is CC(NC1CC(C)(C)CC1C)c1ccc(Cl)cc1Cl. The molecule has 0 amide bonds. The summed E-state index contributed by atoms with van der Waals surface area (Å²) < 4.78 is 0. The summed E-state index contributed by atoms with van der Waals surface area (Å²) in [4.78, 5) is 0. The summed E-state index contributed by atoms with van der Waals surface area (Å²) in [6, 6.07) is 6.57. The summed E-state index contributed by atoms with van der Waals surface area (Å²) in [5, 5.41) is 5.17. The van der Waals surface area contributed by atoms with Crippen LogP contribution < -0.4 is 5.32 Å². The van der Waals surface area contributed by atoms with Crippen LogP contribution in [0.15, 0.2) is 18.2 Å². The van der Waals surface area contributed by atoms with Crippen molar-refractivity contribution < 1.29 is 0 Å². The van der Waals surface area contributed by atoms with Crippen molar-refractivity contribution in [3.05, 3.63) is 33.8 Å². The third kappa shape index (κ3) is 3.65. The topological polar surface area (TPSA) is 12.0 Å². The second-order valence-electron chi connectivity index (χ2n) is 6.71. The van der Waals surface area contributed by atoms with Crippen LogP contribution in [0, 0.1) is 11.3 Å². The van der Waals surface area contributed by atoms with Crippen molar-refractivity contribution in [2.75, 3.05) is 0 Å². The Morgan fingerprint density at radius 3 is 2.47 bits per heavy atom. The zero-order valence-electron chi connectivity index (χ0n) is 12.1. The van der Waals surface area contributed by atoms with Crippen LogP contribution in [0.5, 0.6) is 0 Å². The molecule has 1 fully saturated rings. The van der Waals surface area contributed by atoms with Gasteiger partial charge in [0.1, 0.15) is 0 Å². The van der Waals surface area contributed by atoms with Crippen LogP contribution >= 0.6 is 23.2 Å². The van der Waals surface area contributed by atoms with Gasteiger partial charge in [-0.25, -0.2) is 0 Å². The molecule has 1 saturated carbocycles. The Labute approximate surface area is 126 Å². The quantitative estimate of drug-likeness (QED) is 0.780. The van der Waals surface area contributed by atoms with Gasteiger partial charge in [0.15, 0.2) is 0 Å². The van der Waals surface area contributed by atoms with E-state index in [-0.39, 0.29) is 6.04 Å². The zero-order valence-corrected chi connectivity index (χ0v) is 13.6. The average molecular weight is 300 g/mol. The Balaban J connectivity index is 2.07. The minimum atomic E-state index is 0.256. The first-order valence-corrected chi connectivity index (χ1v) is 7.75. The monoisotopic (exact) mass is 299 g/mol. The van der Waals surface area contributed by atoms with Crippen LogP contribution in [-0.4, -0.2) is 6.04 Å². The fraction of sp³-hybridized carbons (Fsp3) is 0.625. The van der Waals surface area contributed by atoms with Crippen molar-refractivity contribution >= 4 is 23.2 Å². The second-order valence-corrected chi connectivity index (χ2v) is 7.55. The van der Waals surface area contributed by atoms with E-state index in [1.807, 2.05) is 18.2 Å². The number of benzene rings is 1. The highest BCUT2D eigenvalue weighted by Gasteiger charge is 2.37. The molecule has 2 rings (SSSR count). The molecule has 0 aromatic heterocycles. The third-order valence-electron chi connectivity index (χ3n) is 4.23. The van der Waals surface area contributed by atoms with E-state index in [1.54, 1.807) is 0 Å². The average Bonchev–Trinajstić information content (AvgIpc) is 2.51. The van der Waals surface area contributed by atoms with Crippen LogP contribution in [-0.2, 0) is 0 Å². The number of hydrogen-bond donors (Lipinski definition) is 1. The molecule has 1 aliphatic carbocycles. The largest absolute Gasteiger partial charge is 0.307 e. The maximum atomic E-state index is 6.28. The molecule has 3 heteroatoms. The van der Waals surface area contributed by atoms with Crippen molar-refractivity contribution in [2.24, 2.45) is 11.3 Å². The van der Waals surface area contributed by atoms with Crippen molar-refractivity contribution in [3.8, 4) is 0 Å². The number of rotatable bonds is 3. The van der Waals surface area contributed by atoms with Crippen LogP contribution in [0.1, 0.15) is 52.1 Å². The lowest BCUT2D eigenvalue weighted by Crippen LogP contribution is -2.33. The van der Waals surface area contributed by atoms with E-state index in [9.17, 15) is 0 Å². The highest BCUT2D eigenvalue weighted by molar-refractivity contribution is 6.35. The lowest BCUT2D eigenvalue weighted by Gasteiger charge is -2.24. The molecular formula is C16H23Cl2N. The van der Waals surface area contributed by atoms with Crippen LogP contribution in [0.3, 0.4) is 0 Å². The van der Waals surface area contributed by atoms with Gasteiger partial charge in [-0.1, -0.05) is 50.0 Å². The van der Waals surface area contributed by atoms with Gasteiger partial charge in [-0.05, 0) is 48.8 Å². The third-order valence-corrected chi connectivity index (χ3v) is 4.79. The summed E-state index contributed by atoms with van der Waals surface area (Å²) >= 11 is 12.2. The van der Waals surface area contributed by atoms with Gasteiger partial charge in [0.25, 0.3) is 0 Å². The predicted octanol–water partition coefficient (Wildman–Crippen LogP) is 5.47. The van der Waals surface area contributed by atoms with Gasteiger partial charge in [0.2, 0.25) is 0 Å². The van der Waals surface area contributed by atoms with Crippen molar-refractivity contribution in [2.45, 2.75) is 52.6 Å². The Bertz CT molecular complexity index is 456. The molecule has 0 aliphatic heterocycles. The minimum absolute atomic E-state index is 0.256. The molecule has 1 nitrogen and oxygen atoms in total. The first-order chi connectivity index (χ1) is 8.78. The fourth-order valence-electron chi connectivity index (χ4n) is 3.38. The number of hydrogen-bond acceptors (Lipinski definition) is 1. The summed E-state index contributed by atoms with van der Waals surface area (Å²) in [5.74, 6) is 0.712. The van der Waals surface area contributed by atoms with Gasteiger partial charge >= 0.3 is 0 Å². The van der Waals surface area contributed by atoms with E-state index in [2.05, 4.69) is 33.0 Å². The van der Waals surface area contributed by atoms with Gasteiger partial charge in [-0.3, -0.25) is 0 Å². The first kappa shape index (κ1) is 15.2. The van der Waals surface area contributed by atoms with Crippen LogP contribution in [0.2, 0.25) is 10.0 Å². The van der Waals surface area contributed by atoms with Gasteiger partial charge < -0.3 is 5.32 Å². The van der Waals surface area contributed by atoms with Crippen LogP contribution in [0.4, 0.5) is 0 Å². The lowest BCUT2D eigenvalue weighted by atomic mass is 9.91. The zero-order chi connectivity index (χ0) is 14.2. The Kier molecular flexibility index (Phi) is 4.49. The molecule has 0 radical (unpaired) electrons. The molecule has 0 bridgehead atoms. The van der Waals surface area contributed by atoms with Gasteiger partial charge in [-0.15, -0.1) is 0 Å². The Morgan fingerprint density at radius 2 is 1.95 bits per heavy atom. The molecule has 0 spiro atoms. The van der Waals surface area contributed by atoms with E-state index in [4.69, 9.17) is 23.2 Å². The van der Waals surface area contributed by atoms with E-state index < -0.39 is 0 Å². The van der Waals surface area contributed by atoms with Gasteiger partial charge in [0, 0.05) is 22.1 Å². The van der Waals surface area contributed by atoms with Crippen molar-refractivity contribution in [3.63, 3.8) is 0 Å². The molecule has 3 unspecified atom stereocenters. The number of halogens is 2. The Hall–Kier alpha value is -0.240. The normalized spacial score (nSPS) is 27.5. The molecule has 106 valence electrons. The van der Waals surface area contributed by atoms with E-state index in [0.717, 1.165) is 10.6 Å². The first-order valence-electron chi connectivity index (χ1n) is 6.99. The molecule has 0 saturated heterocycles. The standard InChI is InChI=1S/C16H23Cl2N/c1-10-8-16(3,4)9-15(10)19-11(2)13-6-5-12(17)7-14(13)18/h5-7,10-11,15,19H,8-9H2,1-4H3. The fourth-order valence-corrected chi connectivity index (χ4v) is 3.95. The van der Waals surface area contributed by atoms with Crippen molar-refractivity contribution in [1.29, 1.82) is 0 Å². The van der Waals surface area contributed by atoms with Crippen molar-refractivity contribution in [1.82, 2.24) is 5.32 Å². The predicted molar refractivity (Wildman–Crippen MR) is 84.0 cm³/mol. The molecular weight excluding hydrogens is 277 g/mol. The molecule has 0 heterocycles. The molecule has 1 aliphatic rings. The highest BCUT2D eigenvalue weighted by atomic mass is 35.5. The lowest BCUT2D eigenvalue weighted by molar-refractivity contribution is 0.356. The summed E-state index contributed by atoms with van der Waals surface area (Å²) in [7, 11) is 0. The highest BCUT2D eigenvalue weighted by Crippen LogP contribution is 2.41. The van der Waals surface area contributed by atoms with Crippen LogP contribution in [0.25, 0.3) is 0 Å². The molecule has 1 aromatic rings. The van der Waals surface area contributed by atoms with E-state index in [0.29, 0.717) is 22.4 Å². The Morgan fingerprint density at radius 1 is 1.26 bits per heavy atom. The van der Waals surface area contributed by atoms with Gasteiger partial charge in [-0.2, -0.15) is 0 Å². The summed E-state index contributed by atoms with van der Waals surface area (Å²) in [6.07, 6.45) is 2.51. The van der Waals surface area contributed by atoms with E-state index in [1.165, 1.54) is 12.8 Å². The second kappa shape index (κ2) is 5.63. The maximum Gasteiger partial charge on any atom is 0.0468 e. The molecule has 19 heavy (non-hydrogen) atoms. The van der Waals surface area contributed by atoms with E-state index >= 15 is 0 Å². The number of nitrogens with one attached hydrogen (secondary N) is 1. The molecule has 1 aromatic carbocycles. The summed E-state index contributed by atoms with van der Waals surface area (Å²) in [5.41, 5.74) is 1.57. The minimum Gasteiger partial charge on any atom is -0.307 e. The smallest absolute Gasteiger partial charge is 0.0468 e. The maximum absolute atomic E-state index is 6.28. The molecule has 3 atom stereocenters.